The fraction of sp³-hybridized carbons (Fsp3) is 0.511. The maximum atomic E-state index is 15.0. The van der Waals surface area contributed by atoms with Gasteiger partial charge in [0.2, 0.25) is 11.8 Å². The van der Waals surface area contributed by atoms with Crippen molar-refractivity contribution in [3.63, 3.8) is 0 Å². The summed E-state index contributed by atoms with van der Waals surface area (Å²) in [4.78, 5) is 55.8. The Kier molecular flexibility index (Phi) is 13.1. The highest BCUT2D eigenvalue weighted by Gasteiger charge is 2.61. The maximum absolute atomic E-state index is 15.0. The van der Waals surface area contributed by atoms with Crippen molar-refractivity contribution in [2.45, 2.75) is 109 Å². The summed E-state index contributed by atoms with van der Waals surface area (Å²) in [5.74, 6) is -0.347. The van der Waals surface area contributed by atoms with Crippen LogP contribution in [0.15, 0.2) is 60.0 Å². The molecule has 3 aliphatic heterocycles. The lowest BCUT2D eigenvalue weighted by Gasteiger charge is -2.29. The molecule has 2 aromatic carbocycles. The number of ketones is 1. The maximum Gasteiger partial charge on any atom is 0.303 e. The van der Waals surface area contributed by atoms with Gasteiger partial charge in [-0.1, -0.05) is 62.6 Å². The smallest absolute Gasteiger partial charge is 0.303 e. The van der Waals surface area contributed by atoms with Crippen molar-refractivity contribution in [3.05, 3.63) is 81.8 Å². The van der Waals surface area contributed by atoms with Crippen molar-refractivity contribution < 1.29 is 32.3 Å². The van der Waals surface area contributed by atoms with Crippen LogP contribution in [0.4, 0.5) is 0 Å². The number of pyridine rings is 1. The number of aromatic nitrogens is 2. The van der Waals surface area contributed by atoms with Gasteiger partial charge in [-0.2, -0.15) is 12.7 Å². The topological polar surface area (TPSA) is 148 Å². The zero-order valence-corrected chi connectivity index (χ0v) is 38.3. The van der Waals surface area contributed by atoms with E-state index in [2.05, 4.69) is 24.6 Å². The highest BCUT2D eigenvalue weighted by molar-refractivity contribution is 7.87. The number of nitrogens with one attached hydrogen (secondary N) is 1. The molecule has 62 heavy (non-hydrogen) atoms. The van der Waals surface area contributed by atoms with Crippen molar-refractivity contribution in [1.82, 2.24) is 23.9 Å². The Balaban J connectivity index is 1.15. The van der Waals surface area contributed by atoms with E-state index in [4.69, 9.17) is 31.0 Å². The summed E-state index contributed by atoms with van der Waals surface area (Å²) in [5.41, 5.74) is 2.84. The van der Waals surface area contributed by atoms with Crippen LogP contribution >= 0.6 is 22.9 Å². The third-order valence-electron chi connectivity index (χ3n) is 13.1. The molecule has 2 saturated heterocycles. The predicted molar refractivity (Wildman–Crippen MR) is 242 cm³/mol. The third-order valence-corrected chi connectivity index (χ3v) is 15.7. The number of carbonyl (C=O) groups excluding carboxylic acids is 3. The molecule has 4 aromatic rings. The monoisotopic (exact) mass is 901 g/mol. The van der Waals surface area contributed by atoms with Gasteiger partial charge >= 0.3 is 10.2 Å². The number of nitrogens with zero attached hydrogens (tertiary/aromatic N) is 4. The van der Waals surface area contributed by atoms with Gasteiger partial charge in [-0.15, -0.1) is 11.3 Å². The second-order valence-electron chi connectivity index (χ2n) is 17.8. The van der Waals surface area contributed by atoms with Crippen LogP contribution in [0, 0.1) is 24.2 Å². The summed E-state index contributed by atoms with van der Waals surface area (Å²) >= 11 is 7.93. The van der Waals surface area contributed by atoms with Crippen LogP contribution in [0.1, 0.15) is 101 Å². The third kappa shape index (κ3) is 9.30. The van der Waals surface area contributed by atoms with Crippen molar-refractivity contribution >= 4 is 61.6 Å². The lowest BCUT2D eigenvalue weighted by molar-refractivity contribution is -0.142. The molecule has 5 heterocycles. The minimum absolute atomic E-state index is 0.144. The summed E-state index contributed by atoms with van der Waals surface area (Å²) in [6.07, 6.45) is 9.75. The van der Waals surface area contributed by atoms with E-state index in [0.717, 1.165) is 65.7 Å². The van der Waals surface area contributed by atoms with Crippen molar-refractivity contribution in [2.75, 3.05) is 26.7 Å². The molecule has 3 fully saturated rings. The second-order valence-corrected chi connectivity index (χ2v) is 20.7. The number of rotatable bonds is 10. The number of hydrogen-bond acceptors (Lipinski definition) is 10. The number of halogens is 1. The van der Waals surface area contributed by atoms with Gasteiger partial charge in [0.15, 0.2) is 5.78 Å². The van der Waals surface area contributed by atoms with Gasteiger partial charge in [0.1, 0.15) is 28.3 Å². The molecule has 5 atom stereocenters. The van der Waals surface area contributed by atoms with Crippen molar-refractivity contribution in [3.8, 4) is 22.2 Å². The van der Waals surface area contributed by atoms with E-state index >= 15 is 4.79 Å². The number of Topliss-reactive ketones (excluding diaryl/α,β-unsaturated/α-hetero) is 1. The minimum Gasteiger partial charge on any atom is -0.496 e. The standard InChI is InChI=1S/C47H56ClN5O7S2/c1-29(2)38-28-61-44(50-38)37-24-42(36-17-18-41(59-4)30(3)43(36)49-37)60-35-23-39-40(54)26-47(46(56)51-62(57,58)52-19-10-11-20-52)25-33(47)15-9-7-5-6-8-14-32(45(55)53(39)27-35)21-31-13-12-16-34(48)22-31/h9,12-13,15-18,22,24,28-29,32-33,35,39H,5-8,10-11,14,19-21,23,25-27H2,1-4H3,(H,51,56)/b15-9-/t32-,33-,35-,39+,47-/m1/s1. The summed E-state index contributed by atoms with van der Waals surface area (Å²) in [5, 5.41) is 4.14. The first-order valence-corrected chi connectivity index (χ1v) is 24.6. The molecule has 0 spiro atoms. The fourth-order valence-electron chi connectivity index (χ4n) is 9.44. The zero-order chi connectivity index (χ0) is 43.8. The van der Waals surface area contributed by atoms with E-state index in [1.54, 1.807) is 12.0 Å². The number of methoxy groups -OCH3 is 1. The molecule has 0 bridgehead atoms. The number of carbonyl (C=O) groups is 3. The number of ether oxygens (including phenoxy) is 2. The van der Waals surface area contributed by atoms with Gasteiger partial charge in [0, 0.05) is 59.3 Å². The van der Waals surface area contributed by atoms with Gasteiger partial charge in [-0.25, -0.2) is 14.7 Å². The number of fused-ring (bicyclic) bond motifs is 3. The molecule has 0 unspecified atom stereocenters. The quantitative estimate of drug-likeness (QED) is 0.155. The number of benzene rings is 2. The van der Waals surface area contributed by atoms with Crippen LogP contribution in [0.25, 0.3) is 21.6 Å². The summed E-state index contributed by atoms with van der Waals surface area (Å²) in [6.45, 7) is 6.99. The van der Waals surface area contributed by atoms with E-state index in [9.17, 15) is 18.0 Å². The molecule has 330 valence electrons. The average molecular weight is 903 g/mol. The van der Waals surface area contributed by atoms with Gasteiger partial charge in [0.05, 0.1) is 36.3 Å². The molecule has 4 aliphatic rings. The lowest BCUT2D eigenvalue weighted by atomic mass is 9.90. The Morgan fingerprint density at radius 3 is 2.60 bits per heavy atom. The van der Waals surface area contributed by atoms with Crippen LogP contribution in [0.2, 0.25) is 5.02 Å². The summed E-state index contributed by atoms with van der Waals surface area (Å²) < 4.78 is 43.0. The van der Waals surface area contributed by atoms with Crippen LogP contribution in [-0.4, -0.2) is 84.1 Å². The van der Waals surface area contributed by atoms with E-state index in [1.807, 2.05) is 60.8 Å². The molecule has 12 nitrogen and oxygen atoms in total. The second kappa shape index (κ2) is 18.4. The molecule has 2 aromatic heterocycles. The highest BCUT2D eigenvalue weighted by atomic mass is 35.5. The summed E-state index contributed by atoms with van der Waals surface area (Å²) in [6, 6.07) is 12.3. The van der Waals surface area contributed by atoms with Crippen LogP contribution in [-0.2, 0) is 31.0 Å². The number of hydrogen-bond donors (Lipinski definition) is 1. The van der Waals surface area contributed by atoms with E-state index in [0.29, 0.717) is 60.1 Å². The Morgan fingerprint density at radius 1 is 1.05 bits per heavy atom. The molecule has 2 amide bonds. The molecular formula is C47H56ClN5O7S2. The number of thiazole rings is 1. The van der Waals surface area contributed by atoms with Gasteiger partial charge < -0.3 is 14.4 Å². The first-order valence-electron chi connectivity index (χ1n) is 21.9. The Hall–Kier alpha value is -4.37. The predicted octanol–water partition coefficient (Wildman–Crippen LogP) is 8.60. The van der Waals surface area contributed by atoms with Gasteiger partial charge in [0.25, 0.3) is 0 Å². The fourth-order valence-corrected chi connectivity index (χ4v) is 11.9. The molecule has 1 N–H and O–H groups in total. The van der Waals surface area contributed by atoms with Crippen LogP contribution in [0.3, 0.4) is 0 Å². The molecule has 8 rings (SSSR count). The Bertz CT molecular complexity index is 2480. The Labute approximate surface area is 373 Å². The number of amides is 2. The van der Waals surface area contributed by atoms with Gasteiger partial charge in [-0.05, 0) is 93.5 Å². The Morgan fingerprint density at radius 2 is 1.85 bits per heavy atom. The summed E-state index contributed by atoms with van der Waals surface area (Å²) in [7, 11) is -2.45. The van der Waals surface area contributed by atoms with Crippen molar-refractivity contribution in [2.24, 2.45) is 17.3 Å². The lowest BCUT2D eigenvalue weighted by Crippen LogP contribution is -2.48. The first-order chi connectivity index (χ1) is 29.8. The number of allylic oxidation sites excluding steroid dienone is 2. The van der Waals surface area contributed by atoms with Crippen molar-refractivity contribution in [1.29, 1.82) is 0 Å². The molecule has 1 saturated carbocycles. The molecule has 1 aliphatic carbocycles. The van der Waals surface area contributed by atoms with Crippen LogP contribution < -0.4 is 14.2 Å². The van der Waals surface area contributed by atoms with E-state index in [1.165, 1.54) is 15.6 Å². The zero-order valence-electron chi connectivity index (χ0n) is 35.9. The molecule has 15 heteroatoms. The SMILES string of the molecule is COc1ccc2c(O[C@@H]3C[C@H]4C(=O)C[C@]5(C(=O)NS(=O)(=O)N6CCCC6)C[C@H]5/C=C\CCCCC[C@H](Cc5cccc(Cl)c5)C(=O)N4C3)cc(-c3nc(C(C)C)cs3)nc2c1C. The molecule has 0 radical (unpaired) electrons. The van der Waals surface area contributed by atoms with Gasteiger partial charge in [-0.3, -0.25) is 14.4 Å². The average Bonchev–Trinajstić information content (AvgIpc) is 3.75. The van der Waals surface area contributed by atoms with Crippen LogP contribution in [0.5, 0.6) is 11.5 Å². The first kappa shape index (κ1) is 44.2. The minimum atomic E-state index is -4.08. The van der Waals surface area contributed by atoms with E-state index in [-0.39, 0.29) is 42.9 Å². The number of aryl methyl sites for hydroxylation is 1. The largest absolute Gasteiger partial charge is 0.496 e. The van der Waals surface area contributed by atoms with E-state index < -0.39 is 39.6 Å². The normalized spacial score (nSPS) is 25.5. The highest BCUT2D eigenvalue weighted by Crippen LogP contribution is 2.57. The molecular weight excluding hydrogens is 846 g/mol.